The third kappa shape index (κ3) is 5.50. The van der Waals surface area contributed by atoms with Crippen molar-refractivity contribution in [1.29, 1.82) is 0 Å². The van der Waals surface area contributed by atoms with Crippen LogP contribution in [0.15, 0.2) is 121 Å². The molecule has 0 unspecified atom stereocenters. The van der Waals surface area contributed by atoms with Crippen molar-refractivity contribution < 1.29 is 4.74 Å². The van der Waals surface area contributed by atoms with E-state index in [9.17, 15) is 0 Å². The van der Waals surface area contributed by atoms with Crippen molar-refractivity contribution in [3.8, 4) is 33.8 Å². The molecule has 6 aromatic carbocycles. The van der Waals surface area contributed by atoms with Gasteiger partial charge >= 0.3 is 0 Å². The predicted molar refractivity (Wildman–Crippen MR) is 176 cm³/mol. The van der Waals surface area contributed by atoms with Gasteiger partial charge in [0.2, 0.25) is 0 Å². The molecule has 0 aliphatic carbocycles. The maximum atomic E-state index is 7.29. The molecule has 0 atom stereocenters. The highest BCUT2D eigenvalue weighted by atomic mass is 16.5. The lowest BCUT2D eigenvalue weighted by Gasteiger charge is -2.21. The maximum Gasteiger partial charge on any atom is 0.143 e. The largest absolute Gasteiger partial charge is 0.455 e. The van der Waals surface area contributed by atoms with Crippen LogP contribution in [0.25, 0.3) is 43.8 Å². The van der Waals surface area contributed by atoms with E-state index in [2.05, 4.69) is 135 Å². The summed E-state index contributed by atoms with van der Waals surface area (Å²) in [6, 6.07) is 43.9. The molecule has 1 nitrogen and oxygen atoms in total. The van der Waals surface area contributed by atoms with E-state index < -0.39 is 0 Å². The van der Waals surface area contributed by atoms with Crippen LogP contribution < -0.4 is 4.74 Å². The Hall–Kier alpha value is -4.36. The zero-order valence-electron chi connectivity index (χ0n) is 24.2. The van der Waals surface area contributed by atoms with Gasteiger partial charge in [0.1, 0.15) is 11.5 Å². The van der Waals surface area contributed by atoms with Crippen molar-refractivity contribution in [2.45, 2.75) is 52.4 Å². The first-order chi connectivity index (χ1) is 20.3. The molecule has 6 rings (SSSR count). The van der Waals surface area contributed by atoms with Crippen molar-refractivity contribution in [3.63, 3.8) is 0 Å². The summed E-state index contributed by atoms with van der Waals surface area (Å²) in [5.74, 6) is 1.85. The number of hydrogen-bond donors (Lipinski definition) is 0. The second kappa shape index (κ2) is 12.4. The predicted octanol–water partition coefficient (Wildman–Crippen LogP) is 11.8. The van der Waals surface area contributed by atoms with Crippen LogP contribution in [0, 0.1) is 0 Å². The number of aryl methyl sites for hydroxylation is 2. The van der Waals surface area contributed by atoms with Crippen LogP contribution in [0.1, 0.15) is 50.7 Å². The maximum absolute atomic E-state index is 7.29. The average Bonchev–Trinajstić information content (AvgIpc) is 3.03. The van der Waals surface area contributed by atoms with E-state index >= 15 is 0 Å². The van der Waals surface area contributed by atoms with E-state index in [-0.39, 0.29) is 0 Å². The van der Waals surface area contributed by atoms with E-state index in [1.54, 1.807) is 0 Å². The zero-order chi connectivity index (χ0) is 28.0. The minimum atomic E-state index is 0.927. The average molecular weight is 535 g/mol. The van der Waals surface area contributed by atoms with Gasteiger partial charge in [0, 0.05) is 21.9 Å². The van der Waals surface area contributed by atoms with Crippen LogP contribution in [0.4, 0.5) is 0 Å². The van der Waals surface area contributed by atoms with Gasteiger partial charge in [-0.15, -0.1) is 0 Å². The Bertz CT molecular complexity index is 1660. The summed E-state index contributed by atoms with van der Waals surface area (Å²) in [7, 11) is 0. The number of rotatable bonds is 10. The molecule has 1 heteroatoms. The van der Waals surface area contributed by atoms with Crippen LogP contribution in [0.3, 0.4) is 0 Å². The third-order valence-electron chi connectivity index (χ3n) is 8.18. The van der Waals surface area contributed by atoms with Gasteiger partial charge in [-0.25, -0.2) is 0 Å². The highest BCUT2D eigenvalue weighted by Crippen LogP contribution is 2.46. The number of benzene rings is 6. The molecule has 0 amide bonds. The standard InChI is InChI=1S/C40H38O/c1-3-5-15-29-17-7-11-21-33(29)37-27-25-31-19-9-13-23-35(31)39(37)41-40-36-24-14-10-20-32(36)26-28-38(40)34-22-12-8-18-30(34)16-6-4-2/h7-14,17-28H,3-6,15-16H2,1-2H3. The molecule has 0 spiro atoms. The Kier molecular flexibility index (Phi) is 8.14. The smallest absolute Gasteiger partial charge is 0.143 e. The monoisotopic (exact) mass is 534 g/mol. The van der Waals surface area contributed by atoms with E-state index in [1.807, 2.05) is 0 Å². The SMILES string of the molecule is CCCCc1ccccc1-c1ccc2ccccc2c1Oc1c(-c2ccccc2CCCC)ccc2ccccc12. The lowest BCUT2D eigenvalue weighted by molar-refractivity contribution is 0.497. The Balaban J connectivity index is 1.60. The summed E-state index contributed by atoms with van der Waals surface area (Å²) in [5, 5.41) is 4.63. The summed E-state index contributed by atoms with van der Waals surface area (Å²) in [4.78, 5) is 0. The second-order valence-corrected chi connectivity index (χ2v) is 11.0. The molecule has 0 radical (unpaired) electrons. The first kappa shape index (κ1) is 26.8. The fourth-order valence-corrected chi connectivity index (χ4v) is 5.97. The fraction of sp³-hybridized carbons (Fsp3) is 0.200. The van der Waals surface area contributed by atoms with Gasteiger partial charge < -0.3 is 4.74 Å². The fourth-order valence-electron chi connectivity index (χ4n) is 5.97. The van der Waals surface area contributed by atoms with Crippen LogP contribution in [0.5, 0.6) is 11.5 Å². The lowest BCUT2D eigenvalue weighted by Crippen LogP contribution is -1.98. The van der Waals surface area contributed by atoms with Crippen LogP contribution >= 0.6 is 0 Å². The van der Waals surface area contributed by atoms with Crippen molar-refractivity contribution in [2.75, 3.05) is 0 Å². The minimum Gasteiger partial charge on any atom is -0.455 e. The summed E-state index contributed by atoms with van der Waals surface area (Å²) < 4.78 is 7.29. The summed E-state index contributed by atoms with van der Waals surface area (Å²) in [6.45, 7) is 4.52. The van der Waals surface area contributed by atoms with Crippen molar-refractivity contribution in [3.05, 3.63) is 132 Å². The molecule has 204 valence electrons. The quantitative estimate of drug-likeness (QED) is 0.170. The Morgan fingerprint density at radius 1 is 0.415 bits per heavy atom. The lowest BCUT2D eigenvalue weighted by atomic mass is 9.92. The molecule has 0 aliphatic rings. The van der Waals surface area contributed by atoms with Crippen LogP contribution in [-0.4, -0.2) is 0 Å². The van der Waals surface area contributed by atoms with Gasteiger partial charge in [0.15, 0.2) is 0 Å². The molecule has 0 saturated carbocycles. The molecule has 0 aliphatic heterocycles. The van der Waals surface area contributed by atoms with Gasteiger partial charge in [-0.1, -0.05) is 136 Å². The van der Waals surface area contributed by atoms with Crippen LogP contribution in [-0.2, 0) is 12.8 Å². The third-order valence-corrected chi connectivity index (χ3v) is 8.18. The number of ether oxygens (including phenoxy) is 1. The van der Waals surface area contributed by atoms with Crippen LogP contribution in [0.2, 0.25) is 0 Å². The zero-order valence-corrected chi connectivity index (χ0v) is 24.2. The van der Waals surface area contributed by atoms with Gasteiger partial charge in [-0.2, -0.15) is 0 Å². The number of fused-ring (bicyclic) bond motifs is 2. The molecule has 0 fully saturated rings. The van der Waals surface area contributed by atoms with Gasteiger partial charge in [-0.05, 0) is 70.8 Å². The molecule has 6 aromatic rings. The summed E-state index contributed by atoms with van der Waals surface area (Å²) in [6.07, 6.45) is 6.80. The van der Waals surface area contributed by atoms with Gasteiger partial charge in [0.05, 0.1) is 0 Å². The summed E-state index contributed by atoms with van der Waals surface area (Å²) in [5.41, 5.74) is 7.55. The highest BCUT2D eigenvalue weighted by molar-refractivity contribution is 5.99. The first-order valence-corrected chi connectivity index (χ1v) is 15.2. The molecule has 0 saturated heterocycles. The minimum absolute atomic E-state index is 0.927. The molecule has 0 aromatic heterocycles. The Morgan fingerprint density at radius 3 is 1.29 bits per heavy atom. The van der Waals surface area contributed by atoms with Crippen molar-refractivity contribution in [1.82, 2.24) is 0 Å². The molecule has 41 heavy (non-hydrogen) atoms. The van der Waals surface area contributed by atoms with Gasteiger partial charge in [-0.3, -0.25) is 0 Å². The topological polar surface area (TPSA) is 9.23 Å². The molecule has 0 N–H and O–H groups in total. The summed E-state index contributed by atoms with van der Waals surface area (Å²) >= 11 is 0. The number of unbranched alkanes of at least 4 members (excludes halogenated alkanes) is 2. The molecule has 0 heterocycles. The van der Waals surface area contributed by atoms with Gasteiger partial charge in [0.25, 0.3) is 0 Å². The molecule has 0 bridgehead atoms. The van der Waals surface area contributed by atoms with E-state index in [4.69, 9.17) is 4.74 Å². The van der Waals surface area contributed by atoms with E-state index in [0.29, 0.717) is 0 Å². The van der Waals surface area contributed by atoms with E-state index in [1.165, 1.54) is 58.7 Å². The Labute approximate surface area is 244 Å². The second-order valence-electron chi connectivity index (χ2n) is 11.0. The molecular weight excluding hydrogens is 496 g/mol. The highest BCUT2D eigenvalue weighted by Gasteiger charge is 2.19. The number of hydrogen-bond acceptors (Lipinski definition) is 1. The van der Waals surface area contributed by atoms with E-state index in [0.717, 1.165) is 46.2 Å². The first-order valence-electron chi connectivity index (χ1n) is 15.2. The Morgan fingerprint density at radius 2 is 0.829 bits per heavy atom. The van der Waals surface area contributed by atoms with Crippen molar-refractivity contribution in [2.24, 2.45) is 0 Å². The van der Waals surface area contributed by atoms with Crippen molar-refractivity contribution >= 4 is 21.5 Å². The normalized spacial score (nSPS) is 11.3. The molecular formula is C40H38O.